The molecule has 1 N–H and O–H groups in total. The average molecular weight is 228 g/mol. The summed E-state index contributed by atoms with van der Waals surface area (Å²) in [6, 6.07) is 9.99. The first-order chi connectivity index (χ1) is 8.31. The predicted octanol–water partition coefficient (Wildman–Crippen LogP) is 3.01. The van der Waals surface area contributed by atoms with E-state index < -0.39 is 0 Å². The van der Waals surface area contributed by atoms with E-state index in [2.05, 4.69) is 23.3 Å². The van der Waals surface area contributed by atoms with Gasteiger partial charge < -0.3 is 10.1 Å². The molecular formula is C14H16N2O. The molecule has 0 aliphatic rings. The topological polar surface area (TPSA) is 34.1 Å². The molecule has 0 radical (unpaired) electrons. The number of aromatic nitrogens is 1. The van der Waals surface area contributed by atoms with E-state index in [4.69, 9.17) is 4.74 Å². The molecule has 1 heterocycles. The van der Waals surface area contributed by atoms with E-state index in [1.54, 1.807) is 13.3 Å². The largest absolute Gasteiger partial charge is 0.496 e. The van der Waals surface area contributed by atoms with Gasteiger partial charge in [0.15, 0.2) is 0 Å². The minimum Gasteiger partial charge on any atom is -0.496 e. The molecule has 0 aliphatic carbocycles. The highest BCUT2D eigenvalue weighted by Crippen LogP contribution is 2.19. The molecule has 0 fully saturated rings. The normalized spacial score (nSPS) is 10.0. The van der Waals surface area contributed by atoms with Gasteiger partial charge in [0.2, 0.25) is 0 Å². The van der Waals surface area contributed by atoms with Crippen molar-refractivity contribution in [2.75, 3.05) is 12.4 Å². The van der Waals surface area contributed by atoms with Crippen molar-refractivity contribution in [3.63, 3.8) is 0 Å². The Kier molecular flexibility index (Phi) is 3.60. The number of rotatable bonds is 4. The molecule has 0 saturated carbocycles. The second kappa shape index (κ2) is 5.34. The Morgan fingerprint density at radius 2 is 2.06 bits per heavy atom. The third-order valence-electron chi connectivity index (χ3n) is 2.70. The van der Waals surface area contributed by atoms with Gasteiger partial charge in [-0.05, 0) is 24.6 Å². The quantitative estimate of drug-likeness (QED) is 0.873. The average Bonchev–Trinajstić information content (AvgIpc) is 2.38. The number of nitrogens with zero attached hydrogens (tertiary/aromatic N) is 1. The van der Waals surface area contributed by atoms with Crippen molar-refractivity contribution in [2.45, 2.75) is 13.5 Å². The monoisotopic (exact) mass is 228 g/mol. The maximum Gasteiger partial charge on any atom is 0.123 e. The number of hydrogen-bond donors (Lipinski definition) is 1. The van der Waals surface area contributed by atoms with Gasteiger partial charge in [0.25, 0.3) is 0 Å². The molecule has 3 heteroatoms. The van der Waals surface area contributed by atoms with Crippen LogP contribution in [0.5, 0.6) is 5.75 Å². The zero-order valence-corrected chi connectivity index (χ0v) is 10.1. The maximum absolute atomic E-state index is 5.31. The van der Waals surface area contributed by atoms with Gasteiger partial charge in [0, 0.05) is 18.3 Å². The molecule has 0 atom stereocenters. The number of para-hydroxylation sites is 1. The fourth-order valence-corrected chi connectivity index (χ4v) is 1.69. The van der Waals surface area contributed by atoms with Gasteiger partial charge in [-0.25, -0.2) is 0 Å². The van der Waals surface area contributed by atoms with Crippen molar-refractivity contribution in [2.24, 2.45) is 0 Å². The van der Waals surface area contributed by atoms with E-state index in [1.165, 1.54) is 5.56 Å². The summed E-state index contributed by atoms with van der Waals surface area (Å²) in [6.45, 7) is 2.79. The van der Waals surface area contributed by atoms with Gasteiger partial charge in [0.05, 0.1) is 19.0 Å². The van der Waals surface area contributed by atoms with Crippen molar-refractivity contribution < 1.29 is 4.74 Å². The summed E-state index contributed by atoms with van der Waals surface area (Å²) in [5.74, 6) is 0.904. The number of anilines is 1. The minimum absolute atomic E-state index is 0.733. The van der Waals surface area contributed by atoms with E-state index in [1.807, 2.05) is 30.5 Å². The van der Waals surface area contributed by atoms with Crippen LogP contribution in [0.15, 0.2) is 42.7 Å². The van der Waals surface area contributed by atoms with Crippen LogP contribution in [0.3, 0.4) is 0 Å². The molecule has 17 heavy (non-hydrogen) atoms. The zero-order chi connectivity index (χ0) is 12.1. The summed E-state index contributed by atoms with van der Waals surface area (Å²) in [6.07, 6.45) is 3.63. The van der Waals surface area contributed by atoms with Crippen molar-refractivity contribution >= 4 is 5.69 Å². The van der Waals surface area contributed by atoms with E-state index in [0.29, 0.717) is 0 Å². The predicted molar refractivity (Wildman–Crippen MR) is 69.3 cm³/mol. The summed E-state index contributed by atoms with van der Waals surface area (Å²) in [5, 5.41) is 3.36. The molecule has 0 spiro atoms. The van der Waals surface area contributed by atoms with Gasteiger partial charge in [0.1, 0.15) is 5.75 Å². The van der Waals surface area contributed by atoms with Crippen LogP contribution in [0, 0.1) is 6.92 Å². The molecule has 1 aromatic heterocycles. The van der Waals surface area contributed by atoms with Gasteiger partial charge >= 0.3 is 0 Å². The first-order valence-corrected chi connectivity index (χ1v) is 5.57. The minimum atomic E-state index is 0.733. The third kappa shape index (κ3) is 2.75. The highest BCUT2D eigenvalue weighted by Gasteiger charge is 2.02. The highest BCUT2D eigenvalue weighted by atomic mass is 16.5. The molecular weight excluding hydrogens is 212 g/mol. The molecule has 3 nitrogen and oxygen atoms in total. The molecule has 0 amide bonds. The second-order valence-electron chi connectivity index (χ2n) is 3.86. The first-order valence-electron chi connectivity index (χ1n) is 5.57. The van der Waals surface area contributed by atoms with Crippen LogP contribution in [0.25, 0.3) is 0 Å². The van der Waals surface area contributed by atoms with Crippen molar-refractivity contribution in [1.29, 1.82) is 0 Å². The molecule has 2 aromatic rings. The Hall–Kier alpha value is -2.03. The number of nitrogens with one attached hydrogen (secondary N) is 1. The molecule has 88 valence electrons. The van der Waals surface area contributed by atoms with Crippen molar-refractivity contribution in [1.82, 2.24) is 4.98 Å². The van der Waals surface area contributed by atoms with E-state index in [9.17, 15) is 0 Å². The molecule has 0 aliphatic heterocycles. The summed E-state index contributed by atoms with van der Waals surface area (Å²) in [7, 11) is 1.69. The number of ether oxygens (including phenoxy) is 1. The van der Waals surface area contributed by atoms with Gasteiger partial charge in [-0.2, -0.15) is 0 Å². The van der Waals surface area contributed by atoms with E-state index in [0.717, 1.165) is 23.5 Å². The third-order valence-corrected chi connectivity index (χ3v) is 2.70. The number of aryl methyl sites for hydroxylation is 1. The zero-order valence-electron chi connectivity index (χ0n) is 10.1. The summed E-state index contributed by atoms with van der Waals surface area (Å²) < 4.78 is 5.31. The Morgan fingerprint density at radius 1 is 1.24 bits per heavy atom. The maximum atomic E-state index is 5.31. The molecule has 1 aromatic carbocycles. The Bertz CT molecular complexity index is 497. The van der Waals surface area contributed by atoms with Gasteiger partial charge in [-0.15, -0.1) is 0 Å². The Morgan fingerprint density at radius 3 is 2.82 bits per heavy atom. The van der Waals surface area contributed by atoms with Crippen LogP contribution < -0.4 is 10.1 Å². The van der Waals surface area contributed by atoms with Crippen molar-refractivity contribution in [3.05, 3.63) is 53.9 Å². The lowest BCUT2D eigenvalue weighted by atomic mass is 10.2. The van der Waals surface area contributed by atoms with Crippen LogP contribution >= 0.6 is 0 Å². The smallest absolute Gasteiger partial charge is 0.123 e. The van der Waals surface area contributed by atoms with E-state index >= 15 is 0 Å². The SMILES string of the molecule is COc1ccccc1CNc1cnccc1C. The molecule has 0 unspecified atom stereocenters. The van der Waals surface area contributed by atoms with Gasteiger partial charge in [-0.1, -0.05) is 18.2 Å². The highest BCUT2D eigenvalue weighted by molar-refractivity contribution is 5.49. The van der Waals surface area contributed by atoms with E-state index in [-0.39, 0.29) is 0 Å². The second-order valence-corrected chi connectivity index (χ2v) is 3.86. The van der Waals surface area contributed by atoms with Crippen LogP contribution in [0.4, 0.5) is 5.69 Å². The molecule has 2 rings (SSSR count). The van der Waals surface area contributed by atoms with Crippen molar-refractivity contribution in [3.8, 4) is 5.75 Å². The lowest BCUT2D eigenvalue weighted by Gasteiger charge is -2.11. The number of benzene rings is 1. The standard InChI is InChI=1S/C14H16N2O/c1-11-7-8-15-10-13(11)16-9-12-5-3-4-6-14(12)17-2/h3-8,10,16H,9H2,1-2H3. The van der Waals surface area contributed by atoms with Crippen LogP contribution in [0.1, 0.15) is 11.1 Å². The number of hydrogen-bond acceptors (Lipinski definition) is 3. The van der Waals surface area contributed by atoms with Gasteiger partial charge in [-0.3, -0.25) is 4.98 Å². The summed E-state index contributed by atoms with van der Waals surface area (Å²) >= 11 is 0. The molecule has 0 saturated heterocycles. The lowest BCUT2D eigenvalue weighted by molar-refractivity contribution is 0.410. The summed E-state index contributed by atoms with van der Waals surface area (Å²) in [5.41, 5.74) is 3.38. The Balaban J connectivity index is 2.10. The number of methoxy groups -OCH3 is 1. The van der Waals surface area contributed by atoms with Crippen LogP contribution in [-0.2, 0) is 6.54 Å². The summed E-state index contributed by atoms with van der Waals surface area (Å²) in [4.78, 5) is 4.11. The first kappa shape index (κ1) is 11.5. The lowest BCUT2D eigenvalue weighted by Crippen LogP contribution is -2.03. The fourth-order valence-electron chi connectivity index (χ4n) is 1.69. The Labute approximate surface area is 101 Å². The fraction of sp³-hybridized carbons (Fsp3) is 0.214. The number of pyridine rings is 1. The van der Waals surface area contributed by atoms with Crippen LogP contribution in [-0.4, -0.2) is 12.1 Å². The molecule has 0 bridgehead atoms. The van der Waals surface area contributed by atoms with Crippen LogP contribution in [0.2, 0.25) is 0 Å².